The highest BCUT2D eigenvalue weighted by molar-refractivity contribution is 5.77. The molecule has 118 valence electrons. The fourth-order valence-corrected chi connectivity index (χ4v) is 2.76. The van der Waals surface area contributed by atoms with E-state index in [9.17, 15) is 9.90 Å². The second-order valence-electron chi connectivity index (χ2n) is 6.03. The molecule has 3 N–H and O–H groups in total. The Hall–Kier alpha value is -2.08. The van der Waals surface area contributed by atoms with Crippen molar-refractivity contribution >= 4 is 17.1 Å². The van der Waals surface area contributed by atoms with Gasteiger partial charge in [-0.3, -0.25) is 0 Å². The lowest BCUT2D eigenvalue weighted by molar-refractivity contribution is 0.0929. The molecule has 1 aliphatic heterocycles. The molecule has 2 amide bonds. The summed E-state index contributed by atoms with van der Waals surface area (Å²) in [6.07, 6.45) is 1.01. The average Bonchev–Trinajstić information content (AvgIpc) is 2.91. The number of hydrogen-bond acceptors (Lipinski definition) is 3. The van der Waals surface area contributed by atoms with Crippen molar-refractivity contribution in [3.8, 4) is 0 Å². The number of aliphatic hydroxyl groups is 1. The van der Waals surface area contributed by atoms with E-state index in [4.69, 9.17) is 0 Å². The van der Waals surface area contributed by atoms with Crippen LogP contribution in [-0.4, -0.2) is 45.2 Å². The molecule has 0 aliphatic carbocycles. The van der Waals surface area contributed by atoms with Crippen molar-refractivity contribution < 1.29 is 9.90 Å². The molecular weight excluding hydrogens is 280 g/mol. The number of urea groups is 1. The van der Waals surface area contributed by atoms with Gasteiger partial charge in [0, 0.05) is 13.1 Å². The fourth-order valence-electron chi connectivity index (χ4n) is 2.76. The molecule has 1 aromatic heterocycles. The van der Waals surface area contributed by atoms with Crippen LogP contribution in [-0.2, 0) is 0 Å². The Balaban J connectivity index is 1.67. The highest BCUT2D eigenvalue weighted by atomic mass is 16.3. The fraction of sp³-hybridized carbons (Fsp3) is 0.500. The maximum Gasteiger partial charge on any atom is 0.317 e. The summed E-state index contributed by atoms with van der Waals surface area (Å²) >= 11 is 0. The number of rotatable bonds is 2. The quantitative estimate of drug-likeness (QED) is 0.794. The van der Waals surface area contributed by atoms with Crippen LogP contribution < -0.4 is 5.32 Å². The molecule has 0 radical (unpaired) electrons. The summed E-state index contributed by atoms with van der Waals surface area (Å²) in [7, 11) is 0. The summed E-state index contributed by atoms with van der Waals surface area (Å²) in [6, 6.07) is 5.76. The third kappa shape index (κ3) is 3.06. The third-order valence-electron chi connectivity index (χ3n) is 4.16. The molecule has 1 fully saturated rings. The first-order chi connectivity index (χ1) is 10.5. The Morgan fingerprint density at radius 1 is 1.45 bits per heavy atom. The lowest BCUT2D eigenvalue weighted by Gasteiger charge is -2.30. The molecule has 0 spiro atoms. The molecule has 0 bridgehead atoms. The van der Waals surface area contributed by atoms with Crippen LogP contribution in [0.25, 0.3) is 11.0 Å². The van der Waals surface area contributed by atoms with Gasteiger partial charge >= 0.3 is 6.03 Å². The summed E-state index contributed by atoms with van der Waals surface area (Å²) in [5.74, 6) is 0.756. The number of H-pyrrole nitrogens is 1. The van der Waals surface area contributed by atoms with Crippen molar-refractivity contribution in [3.05, 3.63) is 29.6 Å². The van der Waals surface area contributed by atoms with E-state index < -0.39 is 0 Å². The second-order valence-corrected chi connectivity index (χ2v) is 6.03. The molecule has 1 aromatic carbocycles. The van der Waals surface area contributed by atoms with Crippen molar-refractivity contribution in [2.24, 2.45) is 0 Å². The molecule has 6 nitrogen and oxygen atoms in total. The Labute approximate surface area is 129 Å². The maximum absolute atomic E-state index is 12.2. The first-order valence-corrected chi connectivity index (χ1v) is 7.72. The van der Waals surface area contributed by atoms with E-state index in [0.717, 1.165) is 16.9 Å². The summed E-state index contributed by atoms with van der Waals surface area (Å²) in [4.78, 5) is 21.8. The SMILES string of the molecule is Cc1ccc2nc([C@H](C)NC(=O)N3CCC(O)CC3)[nH]c2c1. The molecule has 22 heavy (non-hydrogen) atoms. The number of piperidine rings is 1. The number of nitrogens with one attached hydrogen (secondary N) is 2. The number of aryl methyl sites for hydroxylation is 1. The molecule has 6 heteroatoms. The monoisotopic (exact) mass is 302 g/mol. The predicted molar refractivity (Wildman–Crippen MR) is 84.6 cm³/mol. The van der Waals surface area contributed by atoms with Crippen LogP contribution in [0.1, 0.15) is 37.2 Å². The number of fused-ring (bicyclic) bond motifs is 1. The first kappa shape index (κ1) is 14.8. The van der Waals surface area contributed by atoms with Gasteiger partial charge in [-0.2, -0.15) is 0 Å². The number of benzene rings is 1. The van der Waals surface area contributed by atoms with Crippen molar-refractivity contribution in [3.63, 3.8) is 0 Å². The van der Waals surface area contributed by atoms with Crippen LogP contribution in [0.15, 0.2) is 18.2 Å². The van der Waals surface area contributed by atoms with Gasteiger partial charge in [0.1, 0.15) is 5.82 Å². The minimum absolute atomic E-state index is 0.101. The van der Waals surface area contributed by atoms with Gasteiger partial charge in [-0.15, -0.1) is 0 Å². The number of aromatic nitrogens is 2. The number of carbonyl (C=O) groups is 1. The van der Waals surface area contributed by atoms with Crippen molar-refractivity contribution in [2.45, 2.75) is 38.8 Å². The Morgan fingerprint density at radius 2 is 2.18 bits per heavy atom. The topological polar surface area (TPSA) is 81.2 Å². The molecule has 1 saturated heterocycles. The van der Waals surface area contributed by atoms with Gasteiger partial charge in [0.25, 0.3) is 0 Å². The molecule has 1 aliphatic rings. The number of imidazole rings is 1. The smallest absolute Gasteiger partial charge is 0.317 e. The third-order valence-corrected chi connectivity index (χ3v) is 4.16. The van der Waals surface area contributed by atoms with Crippen LogP contribution in [0.3, 0.4) is 0 Å². The van der Waals surface area contributed by atoms with Crippen LogP contribution >= 0.6 is 0 Å². The molecule has 3 rings (SSSR count). The van der Waals surface area contributed by atoms with E-state index in [0.29, 0.717) is 25.9 Å². The Kier molecular flexibility index (Phi) is 4.02. The number of aromatic amines is 1. The zero-order valence-corrected chi connectivity index (χ0v) is 13.0. The Bertz CT molecular complexity index is 674. The van der Waals surface area contributed by atoms with E-state index in [1.165, 1.54) is 5.56 Å². The van der Waals surface area contributed by atoms with Crippen LogP contribution in [0.5, 0.6) is 0 Å². The van der Waals surface area contributed by atoms with E-state index >= 15 is 0 Å². The zero-order chi connectivity index (χ0) is 15.7. The molecular formula is C16H22N4O2. The van der Waals surface area contributed by atoms with Crippen molar-refractivity contribution in [2.75, 3.05) is 13.1 Å². The second kappa shape index (κ2) is 5.96. The van der Waals surface area contributed by atoms with Gasteiger partial charge in [-0.1, -0.05) is 6.07 Å². The van der Waals surface area contributed by atoms with Gasteiger partial charge < -0.3 is 20.3 Å². The number of amides is 2. The van der Waals surface area contributed by atoms with Crippen molar-refractivity contribution in [1.29, 1.82) is 0 Å². The summed E-state index contributed by atoms with van der Waals surface area (Å²) < 4.78 is 0. The maximum atomic E-state index is 12.2. The lowest BCUT2D eigenvalue weighted by Crippen LogP contribution is -2.46. The summed E-state index contributed by atoms with van der Waals surface area (Å²) in [6.45, 7) is 5.15. The van der Waals surface area contributed by atoms with Gasteiger partial charge in [-0.25, -0.2) is 9.78 Å². The number of nitrogens with zero attached hydrogens (tertiary/aromatic N) is 2. The van der Waals surface area contributed by atoms with E-state index in [-0.39, 0.29) is 18.2 Å². The number of likely N-dealkylation sites (tertiary alicyclic amines) is 1. The zero-order valence-electron chi connectivity index (χ0n) is 13.0. The number of hydrogen-bond donors (Lipinski definition) is 3. The van der Waals surface area contributed by atoms with Gasteiger partial charge in [0.2, 0.25) is 0 Å². The standard InChI is InChI=1S/C16H22N4O2/c1-10-3-4-13-14(9-10)19-15(18-13)11(2)17-16(22)20-7-5-12(21)6-8-20/h3-4,9,11-12,21H,5-8H2,1-2H3,(H,17,22)(H,18,19)/t11-/m0/s1. The van der Waals surface area contributed by atoms with E-state index in [1.54, 1.807) is 4.90 Å². The molecule has 1 atom stereocenters. The lowest BCUT2D eigenvalue weighted by atomic mass is 10.1. The molecule has 0 unspecified atom stereocenters. The minimum Gasteiger partial charge on any atom is -0.393 e. The van der Waals surface area contributed by atoms with E-state index in [2.05, 4.69) is 15.3 Å². The van der Waals surface area contributed by atoms with Crippen LogP contribution in [0.2, 0.25) is 0 Å². The van der Waals surface area contributed by atoms with Gasteiger partial charge in [0.05, 0.1) is 23.2 Å². The van der Waals surface area contributed by atoms with E-state index in [1.807, 2.05) is 32.0 Å². The number of aliphatic hydroxyl groups excluding tert-OH is 1. The highest BCUT2D eigenvalue weighted by Crippen LogP contribution is 2.18. The largest absolute Gasteiger partial charge is 0.393 e. The normalized spacial score (nSPS) is 17.7. The average molecular weight is 302 g/mol. The molecule has 0 saturated carbocycles. The first-order valence-electron chi connectivity index (χ1n) is 7.72. The number of carbonyl (C=O) groups excluding carboxylic acids is 1. The molecule has 2 aromatic rings. The summed E-state index contributed by atoms with van der Waals surface area (Å²) in [5, 5.41) is 12.5. The Morgan fingerprint density at radius 3 is 2.91 bits per heavy atom. The minimum atomic E-state index is -0.278. The molecule has 2 heterocycles. The predicted octanol–water partition coefficient (Wildman–Crippen LogP) is 2.10. The van der Waals surface area contributed by atoms with Gasteiger partial charge in [-0.05, 0) is 44.4 Å². The highest BCUT2D eigenvalue weighted by Gasteiger charge is 2.23. The van der Waals surface area contributed by atoms with Crippen LogP contribution in [0.4, 0.5) is 4.79 Å². The van der Waals surface area contributed by atoms with Crippen molar-refractivity contribution in [1.82, 2.24) is 20.2 Å². The van der Waals surface area contributed by atoms with Gasteiger partial charge in [0.15, 0.2) is 0 Å². The van der Waals surface area contributed by atoms with Crippen LogP contribution in [0, 0.1) is 6.92 Å². The summed E-state index contributed by atoms with van der Waals surface area (Å²) in [5.41, 5.74) is 3.06.